The molecule has 0 aromatic heterocycles. The first-order valence-electron chi connectivity index (χ1n) is 7.00. The van der Waals surface area contributed by atoms with Crippen molar-refractivity contribution in [1.29, 1.82) is 0 Å². The average Bonchev–Trinajstić information content (AvgIpc) is 2.70. The summed E-state index contributed by atoms with van der Waals surface area (Å²) in [6, 6.07) is 14.7. The number of ketones is 1. The number of Topliss-reactive ketones (excluding diaryl/α,β-unsaturated/α-hetero) is 1. The first-order valence-corrected chi connectivity index (χ1v) is 7.38. The molecule has 22 heavy (non-hydrogen) atoms. The fraction of sp³-hybridized carbons (Fsp3) is 0.167. The standard InChI is InChI=1S/C18H15ClO3/c1-21-18(12-5-3-2-4-6-12)14-9-10-22-16-8-7-13(19)11-15(16)17(14)20/h2-8,11H,9-10H2,1H3. The van der Waals surface area contributed by atoms with Crippen molar-refractivity contribution in [2.24, 2.45) is 0 Å². The van der Waals surface area contributed by atoms with Gasteiger partial charge in [-0.3, -0.25) is 4.79 Å². The lowest BCUT2D eigenvalue weighted by molar-refractivity contribution is 0.103. The number of hydrogen-bond donors (Lipinski definition) is 0. The quantitative estimate of drug-likeness (QED) is 0.610. The van der Waals surface area contributed by atoms with Crippen LogP contribution < -0.4 is 4.74 Å². The summed E-state index contributed by atoms with van der Waals surface area (Å²) in [4.78, 5) is 12.9. The minimum atomic E-state index is -0.101. The van der Waals surface area contributed by atoms with Gasteiger partial charge in [-0.15, -0.1) is 0 Å². The van der Waals surface area contributed by atoms with E-state index in [2.05, 4.69) is 0 Å². The van der Waals surface area contributed by atoms with Crippen LogP contribution in [0.15, 0.2) is 54.1 Å². The number of carbonyl (C=O) groups excluding carboxylic acids is 1. The fourth-order valence-electron chi connectivity index (χ4n) is 2.57. The van der Waals surface area contributed by atoms with Gasteiger partial charge in [0.25, 0.3) is 0 Å². The van der Waals surface area contributed by atoms with Crippen LogP contribution in [-0.4, -0.2) is 19.5 Å². The summed E-state index contributed by atoms with van der Waals surface area (Å²) < 4.78 is 11.2. The largest absolute Gasteiger partial charge is 0.496 e. The van der Waals surface area contributed by atoms with E-state index in [9.17, 15) is 4.79 Å². The highest BCUT2D eigenvalue weighted by Crippen LogP contribution is 2.32. The molecule has 112 valence electrons. The fourth-order valence-corrected chi connectivity index (χ4v) is 2.74. The molecule has 3 nitrogen and oxygen atoms in total. The summed E-state index contributed by atoms with van der Waals surface area (Å²) >= 11 is 6.02. The van der Waals surface area contributed by atoms with E-state index in [-0.39, 0.29) is 5.78 Å². The molecule has 2 aromatic rings. The normalized spacial score (nSPS) is 16.4. The van der Waals surface area contributed by atoms with Crippen molar-refractivity contribution in [3.63, 3.8) is 0 Å². The molecule has 0 radical (unpaired) electrons. The molecule has 0 atom stereocenters. The average molecular weight is 315 g/mol. The molecule has 0 saturated heterocycles. The zero-order valence-corrected chi connectivity index (χ0v) is 12.9. The molecule has 0 N–H and O–H groups in total. The van der Waals surface area contributed by atoms with Crippen LogP contribution in [-0.2, 0) is 4.74 Å². The van der Waals surface area contributed by atoms with E-state index >= 15 is 0 Å². The van der Waals surface area contributed by atoms with Crippen molar-refractivity contribution in [1.82, 2.24) is 0 Å². The summed E-state index contributed by atoms with van der Waals surface area (Å²) in [5, 5.41) is 0.510. The van der Waals surface area contributed by atoms with Gasteiger partial charge in [0.15, 0.2) is 5.78 Å². The van der Waals surface area contributed by atoms with Crippen LogP contribution in [0.5, 0.6) is 5.75 Å². The third-order valence-electron chi connectivity index (χ3n) is 3.58. The van der Waals surface area contributed by atoms with Gasteiger partial charge in [-0.25, -0.2) is 0 Å². The maximum atomic E-state index is 12.9. The van der Waals surface area contributed by atoms with Gasteiger partial charge in [0.2, 0.25) is 0 Å². The van der Waals surface area contributed by atoms with Crippen LogP contribution in [0.1, 0.15) is 22.3 Å². The minimum Gasteiger partial charge on any atom is -0.496 e. The highest BCUT2D eigenvalue weighted by atomic mass is 35.5. The Labute approximate surface area is 134 Å². The van der Waals surface area contributed by atoms with Crippen molar-refractivity contribution >= 4 is 23.1 Å². The monoisotopic (exact) mass is 314 g/mol. The molecule has 0 amide bonds. The highest BCUT2D eigenvalue weighted by molar-refractivity contribution is 6.31. The molecule has 0 bridgehead atoms. The molecular weight excluding hydrogens is 300 g/mol. The SMILES string of the molecule is COC(=C1CCOc2ccc(Cl)cc2C1=O)c1ccccc1. The van der Waals surface area contributed by atoms with Gasteiger partial charge in [0, 0.05) is 22.6 Å². The summed E-state index contributed by atoms with van der Waals surface area (Å²) in [6.07, 6.45) is 0.489. The van der Waals surface area contributed by atoms with Gasteiger partial charge in [-0.05, 0) is 18.2 Å². The van der Waals surface area contributed by atoms with E-state index in [1.54, 1.807) is 25.3 Å². The lowest BCUT2D eigenvalue weighted by Crippen LogP contribution is -2.07. The van der Waals surface area contributed by atoms with Crippen LogP contribution >= 0.6 is 11.6 Å². The Hall–Kier alpha value is -2.26. The van der Waals surface area contributed by atoms with E-state index in [1.165, 1.54) is 0 Å². The second kappa shape index (κ2) is 6.24. The van der Waals surface area contributed by atoms with Gasteiger partial charge < -0.3 is 9.47 Å². The maximum absolute atomic E-state index is 12.9. The minimum absolute atomic E-state index is 0.101. The molecule has 0 fully saturated rings. The number of ether oxygens (including phenoxy) is 2. The zero-order chi connectivity index (χ0) is 15.5. The third kappa shape index (κ3) is 2.72. The van der Waals surface area contributed by atoms with Crippen LogP contribution in [0.3, 0.4) is 0 Å². The molecule has 0 unspecified atom stereocenters. The third-order valence-corrected chi connectivity index (χ3v) is 3.82. The van der Waals surface area contributed by atoms with E-state index in [1.807, 2.05) is 30.3 Å². The summed E-state index contributed by atoms with van der Waals surface area (Å²) in [5.74, 6) is 1.05. The summed E-state index contributed by atoms with van der Waals surface area (Å²) in [5.41, 5.74) is 1.96. The summed E-state index contributed by atoms with van der Waals surface area (Å²) in [6.45, 7) is 0.426. The van der Waals surface area contributed by atoms with E-state index in [4.69, 9.17) is 21.1 Å². The van der Waals surface area contributed by atoms with Crippen molar-refractivity contribution in [3.05, 3.63) is 70.3 Å². The highest BCUT2D eigenvalue weighted by Gasteiger charge is 2.25. The number of rotatable bonds is 2. The predicted octanol–water partition coefficient (Wildman–Crippen LogP) is 4.36. The number of methoxy groups -OCH3 is 1. The molecule has 0 saturated carbocycles. The lowest BCUT2D eigenvalue weighted by atomic mass is 9.97. The molecule has 2 aromatic carbocycles. The van der Waals surface area contributed by atoms with Gasteiger partial charge >= 0.3 is 0 Å². The molecular formula is C18H15ClO3. The first kappa shape index (κ1) is 14.7. The van der Waals surface area contributed by atoms with Crippen molar-refractivity contribution in [2.75, 3.05) is 13.7 Å². The number of carbonyl (C=O) groups is 1. The van der Waals surface area contributed by atoms with Crippen LogP contribution in [0.25, 0.3) is 5.76 Å². The van der Waals surface area contributed by atoms with Gasteiger partial charge in [-0.1, -0.05) is 41.9 Å². The smallest absolute Gasteiger partial charge is 0.196 e. The first-order chi connectivity index (χ1) is 10.7. The molecule has 0 aliphatic carbocycles. The number of benzene rings is 2. The van der Waals surface area contributed by atoms with Crippen molar-refractivity contribution < 1.29 is 14.3 Å². The van der Waals surface area contributed by atoms with E-state index in [0.29, 0.717) is 40.7 Å². The lowest BCUT2D eigenvalue weighted by Gasteiger charge is -2.12. The Morgan fingerprint density at radius 3 is 2.68 bits per heavy atom. The second-order valence-electron chi connectivity index (χ2n) is 4.95. The molecule has 1 heterocycles. The Kier molecular flexibility index (Phi) is 4.16. The predicted molar refractivity (Wildman–Crippen MR) is 86.3 cm³/mol. The Morgan fingerprint density at radius 1 is 1.18 bits per heavy atom. The van der Waals surface area contributed by atoms with Crippen molar-refractivity contribution in [3.8, 4) is 5.75 Å². The van der Waals surface area contributed by atoms with Gasteiger partial charge in [0.1, 0.15) is 11.5 Å². The van der Waals surface area contributed by atoms with Crippen LogP contribution in [0.2, 0.25) is 5.02 Å². The van der Waals surface area contributed by atoms with E-state index < -0.39 is 0 Å². The zero-order valence-electron chi connectivity index (χ0n) is 12.1. The van der Waals surface area contributed by atoms with Crippen molar-refractivity contribution in [2.45, 2.75) is 6.42 Å². The number of halogens is 1. The molecule has 0 spiro atoms. The van der Waals surface area contributed by atoms with Gasteiger partial charge in [0.05, 0.1) is 19.3 Å². The second-order valence-corrected chi connectivity index (χ2v) is 5.38. The topological polar surface area (TPSA) is 35.5 Å². The Morgan fingerprint density at radius 2 is 1.95 bits per heavy atom. The van der Waals surface area contributed by atoms with E-state index in [0.717, 1.165) is 5.56 Å². The Bertz CT molecular complexity index is 735. The summed E-state index contributed by atoms with van der Waals surface area (Å²) in [7, 11) is 1.58. The maximum Gasteiger partial charge on any atom is 0.196 e. The number of hydrogen-bond acceptors (Lipinski definition) is 3. The van der Waals surface area contributed by atoms with Crippen LogP contribution in [0, 0.1) is 0 Å². The molecule has 4 heteroatoms. The molecule has 1 aliphatic rings. The molecule has 1 aliphatic heterocycles. The molecule has 3 rings (SSSR count). The van der Waals surface area contributed by atoms with Gasteiger partial charge in [-0.2, -0.15) is 0 Å². The Balaban J connectivity index is 2.14. The number of fused-ring (bicyclic) bond motifs is 1. The van der Waals surface area contributed by atoms with Crippen LogP contribution in [0.4, 0.5) is 0 Å².